The molecule has 1 aliphatic heterocycles. The van der Waals surface area contributed by atoms with E-state index in [2.05, 4.69) is 5.32 Å². The molecule has 7 heteroatoms. The summed E-state index contributed by atoms with van der Waals surface area (Å²) in [5.74, 6) is -0.115. The second kappa shape index (κ2) is 7.90. The molecule has 3 rings (SSSR count). The van der Waals surface area contributed by atoms with E-state index in [-0.39, 0.29) is 28.9 Å². The highest BCUT2D eigenvalue weighted by atomic mass is 35.5. The first kappa shape index (κ1) is 19.7. The lowest BCUT2D eigenvalue weighted by Crippen LogP contribution is -2.32. The maximum Gasteiger partial charge on any atom is 0.238 e. The molecule has 0 spiro atoms. The molecule has 0 aromatic heterocycles. The van der Waals surface area contributed by atoms with Crippen molar-refractivity contribution in [3.63, 3.8) is 0 Å². The first-order valence-corrected chi connectivity index (χ1v) is 10.1. The third kappa shape index (κ3) is 4.28. The number of hydrogen-bond donors (Lipinski definition) is 1. The molecule has 1 fully saturated rings. The molecule has 142 valence electrons. The molecule has 1 saturated heterocycles. The topological polar surface area (TPSA) is 49.4 Å². The number of rotatable bonds is 5. The van der Waals surface area contributed by atoms with Crippen LogP contribution in [-0.4, -0.2) is 23.4 Å². The van der Waals surface area contributed by atoms with Gasteiger partial charge in [0.05, 0.1) is 11.2 Å². The number of amides is 2. The van der Waals surface area contributed by atoms with Crippen LogP contribution in [0, 0.1) is 11.2 Å². The Balaban J connectivity index is 1.87. The van der Waals surface area contributed by atoms with Crippen molar-refractivity contribution in [2.75, 3.05) is 21.8 Å². The van der Waals surface area contributed by atoms with Crippen LogP contribution in [0.15, 0.2) is 48.5 Å². The Kier molecular flexibility index (Phi) is 5.77. The van der Waals surface area contributed by atoms with Crippen LogP contribution in [0.2, 0.25) is 0 Å². The quantitative estimate of drug-likeness (QED) is 0.725. The fourth-order valence-corrected chi connectivity index (χ4v) is 4.00. The number of carbonyl (C=O) groups is 2. The van der Waals surface area contributed by atoms with E-state index < -0.39 is 5.41 Å². The van der Waals surface area contributed by atoms with Crippen LogP contribution in [0.5, 0.6) is 0 Å². The van der Waals surface area contributed by atoms with Crippen LogP contribution in [0.25, 0.3) is 0 Å². The third-order valence-corrected chi connectivity index (χ3v) is 6.21. The predicted molar refractivity (Wildman–Crippen MR) is 109 cm³/mol. The van der Waals surface area contributed by atoms with Crippen molar-refractivity contribution in [1.82, 2.24) is 0 Å². The van der Waals surface area contributed by atoms with Crippen molar-refractivity contribution in [3.8, 4) is 0 Å². The van der Waals surface area contributed by atoms with Crippen molar-refractivity contribution in [2.45, 2.75) is 19.2 Å². The summed E-state index contributed by atoms with van der Waals surface area (Å²) in [7, 11) is 0. The van der Waals surface area contributed by atoms with E-state index in [4.69, 9.17) is 11.6 Å². The zero-order valence-corrected chi connectivity index (χ0v) is 16.6. The number of nitrogens with one attached hydrogen (secondary N) is 1. The normalized spacial score (nSPS) is 17.3. The SMILES string of the molecule is CC(C)(CCl)C(=O)Nc1cccc([C@H]2SCC(=O)N2c2cccc(F)c2)c1. The summed E-state index contributed by atoms with van der Waals surface area (Å²) < 4.78 is 13.6. The largest absolute Gasteiger partial charge is 0.326 e. The molecule has 1 N–H and O–H groups in total. The number of thioether (sulfide) groups is 1. The lowest BCUT2D eigenvalue weighted by atomic mass is 9.95. The number of anilines is 2. The van der Waals surface area contributed by atoms with Crippen molar-refractivity contribution in [2.24, 2.45) is 5.41 Å². The minimum Gasteiger partial charge on any atom is -0.326 e. The highest BCUT2D eigenvalue weighted by molar-refractivity contribution is 8.00. The molecular weight excluding hydrogens is 387 g/mol. The number of halogens is 2. The fraction of sp³-hybridized carbons (Fsp3) is 0.300. The lowest BCUT2D eigenvalue weighted by Gasteiger charge is -2.25. The van der Waals surface area contributed by atoms with Gasteiger partial charge in [0.15, 0.2) is 0 Å². The van der Waals surface area contributed by atoms with E-state index in [1.165, 1.54) is 23.9 Å². The molecule has 2 amide bonds. The Hall–Kier alpha value is -2.05. The van der Waals surface area contributed by atoms with Crippen molar-refractivity contribution in [1.29, 1.82) is 0 Å². The molecule has 1 heterocycles. The van der Waals surface area contributed by atoms with Gasteiger partial charge in [0.25, 0.3) is 0 Å². The summed E-state index contributed by atoms with van der Waals surface area (Å²) in [5, 5.41) is 2.60. The van der Waals surface area contributed by atoms with E-state index in [1.807, 2.05) is 18.2 Å². The van der Waals surface area contributed by atoms with Crippen molar-refractivity contribution < 1.29 is 14.0 Å². The molecule has 0 bridgehead atoms. The molecule has 1 atom stereocenters. The summed E-state index contributed by atoms with van der Waals surface area (Å²) in [5.41, 5.74) is 1.32. The monoisotopic (exact) mass is 406 g/mol. The number of benzene rings is 2. The summed E-state index contributed by atoms with van der Waals surface area (Å²) >= 11 is 7.34. The van der Waals surface area contributed by atoms with Crippen LogP contribution in [0.4, 0.5) is 15.8 Å². The standard InChI is InChI=1S/C20H20ClFN2O2S/c1-20(2,12-21)19(26)23-15-7-3-5-13(9-15)18-24(17(25)11-27-18)16-8-4-6-14(22)10-16/h3-10,18H,11-12H2,1-2H3,(H,23,26)/t18-/m1/s1. The van der Waals surface area contributed by atoms with Gasteiger partial charge >= 0.3 is 0 Å². The van der Waals surface area contributed by atoms with Gasteiger partial charge in [0, 0.05) is 17.3 Å². The van der Waals surface area contributed by atoms with Crippen LogP contribution in [0.1, 0.15) is 24.8 Å². The van der Waals surface area contributed by atoms with Gasteiger partial charge in [-0.3, -0.25) is 14.5 Å². The number of alkyl halides is 1. The second-order valence-corrected chi connectivity index (χ2v) is 8.34. The zero-order valence-electron chi connectivity index (χ0n) is 15.0. The average Bonchev–Trinajstić information content (AvgIpc) is 3.03. The van der Waals surface area contributed by atoms with Crippen molar-refractivity contribution in [3.05, 3.63) is 59.9 Å². The van der Waals surface area contributed by atoms with Gasteiger partial charge in [-0.2, -0.15) is 0 Å². The molecule has 4 nitrogen and oxygen atoms in total. The summed E-state index contributed by atoms with van der Waals surface area (Å²) in [4.78, 5) is 26.4. The molecule has 2 aromatic carbocycles. The highest BCUT2D eigenvalue weighted by Crippen LogP contribution is 2.42. The van der Waals surface area contributed by atoms with E-state index in [0.717, 1.165) is 5.56 Å². The third-order valence-electron chi connectivity index (χ3n) is 4.33. The van der Waals surface area contributed by atoms with Gasteiger partial charge in [-0.1, -0.05) is 18.2 Å². The molecule has 1 aliphatic rings. The molecule has 0 saturated carbocycles. The maximum absolute atomic E-state index is 13.6. The summed E-state index contributed by atoms with van der Waals surface area (Å²) in [6.45, 7) is 3.55. The average molecular weight is 407 g/mol. The zero-order chi connectivity index (χ0) is 19.6. The summed E-state index contributed by atoms with van der Waals surface area (Å²) in [6.07, 6.45) is 0. The fourth-order valence-electron chi connectivity index (χ4n) is 2.71. The molecular formula is C20H20ClFN2O2S. The Bertz CT molecular complexity index is 875. The van der Waals surface area contributed by atoms with E-state index in [1.54, 1.807) is 36.9 Å². The van der Waals surface area contributed by atoms with Crippen LogP contribution < -0.4 is 10.2 Å². The maximum atomic E-state index is 13.6. The number of nitrogens with zero attached hydrogens (tertiary/aromatic N) is 1. The van der Waals surface area contributed by atoms with Gasteiger partial charge < -0.3 is 5.32 Å². The Morgan fingerprint density at radius 3 is 2.74 bits per heavy atom. The Morgan fingerprint density at radius 1 is 1.30 bits per heavy atom. The van der Waals surface area contributed by atoms with Gasteiger partial charge in [-0.25, -0.2) is 4.39 Å². The van der Waals surface area contributed by atoms with Crippen LogP contribution in [0.3, 0.4) is 0 Å². The van der Waals surface area contributed by atoms with Gasteiger partial charge in [-0.05, 0) is 49.7 Å². The molecule has 0 aliphatic carbocycles. The molecule has 0 radical (unpaired) electrons. The van der Waals surface area contributed by atoms with Crippen LogP contribution >= 0.6 is 23.4 Å². The van der Waals surface area contributed by atoms with Gasteiger partial charge in [0.2, 0.25) is 11.8 Å². The first-order valence-electron chi connectivity index (χ1n) is 8.48. The molecule has 27 heavy (non-hydrogen) atoms. The number of carbonyl (C=O) groups excluding carboxylic acids is 2. The number of hydrogen-bond acceptors (Lipinski definition) is 3. The Morgan fingerprint density at radius 2 is 2.04 bits per heavy atom. The first-order chi connectivity index (χ1) is 12.8. The second-order valence-electron chi connectivity index (χ2n) is 7.00. The molecule has 2 aromatic rings. The van der Waals surface area contributed by atoms with Gasteiger partial charge in [0.1, 0.15) is 11.2 Å². The van der Waals surface area contributed by atoms with Gasteiger partial charge in [-0.15, -0.1) is 23.4 Å². The Labute approximate surface area is 167 Å². The predicted octanol–water partition coefficient (Wildman–Crippen LogP) is 4.81. The van der Waals surface area contributed by atoms with E-state index >= 15 is 0 Å². The molecule has 0 unspecified atom stereocenters. The van der Waals surface area contributed by atoms with Crippen molar-refractivity contribution >= 4 is 46.6 Å². The highest BCUT2D eigenvalue weighted by Gasteiger charge is 2.34. The van der Waals surface area contributed by atoms with Crippen LogP contribution in [-0.2, 0) is 9.59 Å². The van der Waals surface area contributed by atoms with E-state index in [0.29, 0.717) is 17.1 Å². The minimum atomic E-state index is -0.691. The minimum absolute atomic E-state index is 0.0756. The summed E-state index contributed by atoms with van der Waals surface area (Å²) in [6, 6.07) is 13.4. The lowest BCUT2D eigenvalue weighted by molar-refractivity contribution is -0.123. The smallest absolute Gasteiger partial charge is 0.238 e. The van der Waals surface area contributed by atoms with E-state index in [9.17, 15) is 14.0 Å².